The SMILES string of the molecule is Clc1cc(Br)cnc1N1CCC(OCCBr)CC1. The van der Waals surface area contributed by atoms with Gasteiger partial charge in [-0.15, -0.1) is 0 Å². The summed E-state index contributed by atoms with van der Waals surface area (Å²) in [6.07, 6.45) is 4.21. The van der Waals surface area contributed by atoms with Crippen LogP contribution in [0.25, 0.3) is 0 Å². The molecule has 1 aliphatic heterocycles. The lowest BCUT2D eigenvalue weighted by Crippen LogP contribution is -2.37. The van der Waals surface area contributed by atoms with Crippen LogP contribution in [0, 0.1) is 0 Å². The van der Waals surface area contributed by atoms with E-state index in [1.165, 1.54) is 0 Å². The van der Waals surface area contributed by atoms with E-state index in [1.807, 2.05) is 6.07 Å². The maximum atomic E-state index is 6.21. The second-order valence-corrected chi connectivity index (χ2v) is 6.32. The summed E-state index contributed by atoms with van der Waals surface area (Å²) in [4.78, 5) is 6.61. The standard InChI is InChI=1S/C12H15Br2ClN2O/c13-3-6-18-10-1-4-17(5-2-10)12-11(15)7-9(14)8-16-12/h7-8,10H,1-6H2. The Kier molecular flexibility index (Phi) is 5.73. The van der Waals surface area contributed by atoms with Crippen molar-refractivity contribution in [3.8, 4) is 0 Å². The van der Waals surface area contributed by atoms with Crippen LogP contribution in [0.15, 0.2) is 16.7 Å². The molecule has 3 nitrogen and oxygen atoms in total. The minimum atomic E-state index is 0.369. The first-order valence-electron chi connectivity index (χ1n) is 5.94. The number of anilines is 1. The third-order valence-electron chi connectivity index (χ3n) is 2.96. The summed E-state index contributed by atoms with van der Waals surface area (Å²) in [5, 5.41) is 1.59. The number of nitrogens with zero attached hydrogens (tertiary/aromatic N) is 2. The van der Waals surface area contributed by atoms with E-state index < -0.39 is 0 Å². The molecule has 0 spiro atoms. The zero-order valence-electron chi connectivity index (χ0n) is 9.91. The Hall–Kier alpha value is 0.160. The predicted octanol–water partition coefficient (Wildman–Crippen LogP) is 3.88. The molecule has 100 valence electrons. The van der Waals surface area contributed by atoms with E-state index in [-0.39, 0.29) is 0 Å². The van der Waals surface area contributed by atoms with Gasteiger partial charge in [-0.3, -0.25) is 0 Å². The minimum Gasteiger partial charge on any atom is -0.377 e. The van der Waals surface area contributed by atoms with Crippen LogP contribution in [0.1, 0.15) is 12.8 Å². The first-order valence-corrected chi connectivity index (χ1v) is 8.23. The molecule has 1 fully saturated rings. The summed E-state index contributed by atoms with van der Waals surface area (Å²) in [5.41, 5.74) is 0. The molecule has 1 aromatic rings. The van der Waals surface area contributed by atoms with Gasteiger partial charge in [0.05, 0.1) is 17.7 Å². The Balaban J connectivity index is 1.93. The van der Waals surface area contributed by atoms with Crippen LogP contribution >= 0.6 is 43.5 Å². The lowest BCUT2D eigenvalue weighted by molar-refractivity contribution is 0.0480. The molecule has 0 unspecified atom stereocenters. The molecule has 0 bridgehead atoms. The quantitative estimate of drug-likeness (QED) is 0.720. The van der Waals surface area contributed by atoms with Crippen molar-refractivity contribution in [3.05, 3.63) is 21.8 Å². The number of ether oxygens (including phenoxy) is 1. The highest BCUT2D eigenvalue weighted by molar-refractivity contribution is 9.10. The summed E-state index contributed by atoms with van der Waals surface area (Å²) in [6.45, 7) is 2.67. The molecule has 0 saturated carbocycles. The van der Waals surface area contributed by atoms with E-state index in [2.05, 4.69) is 41.7 Å². The molecular formula is C12H15Br2ClN2O. The topological polar surface area (TPSA) is 25.4 Å². The Morgan fingerprint density at radius 1 is 1.44 bits per heavy atom. The molecule has 0 radical (unpaired) electrons. The van der Waals surface area contributed by atoms with Crippen LogP contribution < -0.4 is 4.90 Å². The average Bonchev–Trinajstić information content (AvgIpc) is 2.37. The van der Waals surface area contributed by atoms with Gasteiger partial charge in [0, 0.05) is 29.1 Å². The number of piperidine rings is 1. The fourth-order valence-corrected chi connectivity index (χ4v) is 3.02. The van der Waals surface area contributed by atoms with Crippen LogP contribution in [0.4, 0.5) is 5.82 Å². The summed E-state index contributed by atoms with van der Waals surface area (Å²) < 4.78 is 6.64. The lowest BCUT2D eigenvalue weighted by Gasteiger charge is -2.33. The maximum absolute atomic E-state index is 6.21. The van der Waals surface area contributed by atoms with Crippen molar-refractivity contribution in [3.63, 3.8) is 0 Å². The van der Waals surface area contributed by atoms with Gasteiger partial charge in [-0.05, 0) is 34.8 Å². The van der Waals surface area contributed by atoms with E-state index in [0.717, 1.165) is 48.2 Å². The van der Waals surface area contributed by atoms with Gasteiger partial charge >= 0.3 is 0 Å². The van der Waals surface area contributed by atoms with Crippen LogP contribution in [-0.2, 0) is 4.74 Å². The van der Waals surface area contributed by atoms with E-state index in [4.69, 9.17) is 16.3 Å². The molecule has 18 heavy (non-hydrogen) atoms. The second-order valence-electron chi connectivity index (χ2n) is 4.21. The van der Waals surface area contributed by atoms with E-state index in [9.17, 15) is 0 Å². The molecule has 2 rings (SSSR count). The number of aromatic nitrogens is 1. The number of hydrogen-bond acceptors (Lipinski definition) is 3. The Labute approximate surface area is 129 Å². The van der Waals surface area contributed by atoms with Gasteiger partial charge in [-0.25, -0.2) is 4.98 Å². The van der Waals surface area contributed by atoms with E-state index in [0.29, 0.717) is 11.1 Å². The Bertz CT molecular complexity index is 398. The van der Waals surface area contributed by atoms with Crippen molar-refractivity contribution in [1.29, 1.82) is 0 Å². The Morgan fingerprint density at radius 2 is 2.17 bits per heavy atom. The highest BCUT2D eigenvalue weighted by Crippen LogP contribution is 2.28. The lowest BCUT2D eigenvalue weighted by atomic mass is 10.1. The molecule has 0 N–H and O–H groups in total. The average molecular weight is 399 g/mol. The number of alkyl halides is 1. The number of halogens is 3. The molecule has 1 aromatic heterocycles. The van der Waals surface area contributed by atoms with E-state index >= 15 is 0 Å². The molecule has 0 aliphatic carbocycles. The normalized spacial score (nSPS) is 17.2. The third kappa shape index (κ3) is 3.83. The van der Waals surface area contributed by atoms with Gasteiger partial charge in [-0.2, -0.15) is 0 Å². The van der Waals surface area contributed by atoms with Crippen LogP contribution in [0.2, 0.25) is 5.02 Å². The molecule has 2 heterocycles. The summed E-state index contributed by atoms with van der Waals surface area (Å²) in [6, 6.07) is 1.89. The first-order chi connectivity index (χ1) is 8.70. The molecule has 0 aromatic carbocycles. The monoisotopic (exact) mass is 396 g/mol. The zero-order chi connectivity index (χ0) is 13.0. The summed E-state index contributed by atoms with van der Waals surface area (Å²) in [7, 11) is 0. The fraction of sp³-hybridized carbons (Fsp3) is 0.583. The van der Waals surface area contributed by atoms with Gasteiger partial charge < -0.3 is 9.64 Å². The molecule has 1 aliphatic rings. The van der Waals surface area contributed by atoms with Crippen molar-refractivity contribution in [1.82, 2.24) is 4.98 Å². The second kappa shape index (κ2) is 7.08. The Morgan fingerprint density at radius 3 is 2.78 bits per heavy atom. The van der Waals surface area contributed by atoms with Gasteiger partial charge in [-0.1, -0.05) is 27.5 Å². The zero-order valence-corrected chi connectivity index (χ0v) is 13.8. The predicted molar refractivity (Wildman–Crippen MR) is 81.9 cm³/mol. The van der Waals surface area contributed by atoms with Crippen LogP contribution in [0.5, 0.6) is 0 Å². The van der Waals surface area contributed by atoms with Gasteiger partial charge in [0.25, 0.3) is 0 Å². The highest BCUT2D eigenvalue weighted by Gasteiger charge is 2.21. The molecule has 0 amide bonds. The maximum Gasteiger partial charge on any atom is 0.147 e. The number of pyridine rings is 1. The smallest absolute Gasteiger partial charge is 0.147 e. The van der Waals surface area contributed by atoms with Crippen molar-refractivity contribution in [2.24, 2.45) is 0 Å². The summed E-state index contributed by atoms with van der Waals surface area (Å²) in [5.74, 6) is 0.874. The largest absolute Gasteiger partial charge is 0.377 e. The summed E-state index contributed by atoms with van der Waals surface area (Å²) >= 11 is 13.0. The fourth-order valence-electron chi connectivity index (χ4n) is 2.09. The van der Waals surface area contributed by atoms with Gasteiger partial charge in [0.15, 0.2) is 0 Å². The van der Waals surface area contributed by atoms with Crippen LogP contribution in [0.3, 0.4) is 0 Å². The van der Waals surface area contributed by atoms with Crippen molar-refractivity contribution in [2.75, 3.05) is 29.9 Å². The van der Waals surface area contributed by atoms with Gasteiger partial charge in [0.2, 0.25) is 0 Å². The van der Waals surface area contributed by atoms with Gasteiger partial charge in [0.1, 0.15) is 5.82 Å². The molecule has 6 heteroatoms. The van der Waals surface area contributed by atoms with E-state index in [1.54, 1.807) is 6.20 Å². The van der Waals surface area contributed by atoms with Crippen molar-refractivity contribution in [2.45, 2.75) is 18.9 Å². The number of hydrogen-bond donors (Lipinski definition) is 0. The van der Waals surface area contributed by atoms with Crippen molar-refractivity contribution < 1.29 is 4.74 Å². The number of rotatable bonds is 4. The van der Waals surface area contributed by atoms with Crippen molar-refractivity contribution >= 4 is 49.3 Å². The highest BCUT2D eigenvalue weighted by atomic mass is 79.9. The molecular weight excluding hydrogens is 383 g/mol. The van der Waals surface area contributed by atoms with Crippen LogP contribution in [-0.4, -0.2) is 36.1 Å². The minimum absolute atomic E-state index is 0.369. The first kappa shape index (κ1) is 14.6. The third-order valence-corrected chi connectivity index (χ3v) is 4.00. The molecule has 0 atom stereocenters. The molecule has 1 saturated heterocycles.